The van der Waals surface area contributed by atoms with Crippen molar-refractivity contribution in [2.75, 3.05) is 11.4 Å². The molecule has 2 aromatic rings. The van der Waals surface area contributed by atoms with Crippen LogP contribution in [-0.2, 0) is 6.54 Å². The molecule has 2 N–H and O–H groups in total. The molecule has 1 aliphatic rings. The van der Waals surface area contributed by atoms with Gasteiger partial charge in [-0.1, -0.05) is 30.3 Å². The molecule has 0 aliphatic carbocycles. The number of benzene rings is 1. The largest absolute Gasteiger partial charge is 0.358 e. The first kappa shape index (κ1) is 11.7. The minimum atomic E-state index is 0.158. The first-order valence-corrected chi connectivity index (χ1v) is 7.03. The van der Waals surface area contributed by atoms with Crippen LogP contribution in [0.3, 0.4) is 0 Å². The summed E-state index contributed by atoms with van der Waals surface area (Å²) in [4.78, 5) is 2.40. The molecular formula is C14H17N3S. The Hall–Kier alpha value is -1.39. The molecule has 2 heterocycles. The number of aryl methyl sites for hydroxylation is 1. The van der Waals surface area contributed by atoms with Gasteiger partial charge in [0.1, 0.15) is 5.00 Å². The van der Waals surface area contributed by atoms with Gasteiger partial charge in [-0.15, -0.1) is 0 Å². The summed E-state index contributed by atoms with van der Waals surface area (Å²) in [6.45, 7) is 4.02. The lowest BCUT2D eigenvalue weighted by molar-refractivity contribution is 0.593. The van der Waals surface area contributed by atoms with E-state index in [-0.39, 0.29) is 6.04 Å². The van der Waals surface area contributed by atoms with Crippen LogP contribution in [0.4, 0.5) is 5.00 Å². The maximum atomic E-state index is 6.19. The zero-order chi connectivity index (χ0) is 12.5. The Morgan fingerprint density at radius 3 is 2.94 bits per heavy atom. The second-order valence-corrected chi connectivity index (χ2v) is 5.54. The monoisotopic (exact) mass is 259 g/mol. The van der Waals surface area contributed by atoms with Gasteiger partial charge < -0.3 is 10.6 Å². The van der Waals surface area contributed by atoms with Crippen LogP contribution >= 0.6 is 11.5 Å². The Labute approximate surface area is 111 Å². The van der Waals surface area contributed by atoms with Crippen molar-refractivity contribution in [3.8, 4) is 0 Å². The molecule has 0 bridgehead atoms. The van der Waals surface area contributed by atoms with E-state index < -0.39 is 0 Å². The van der Waals surface area contributed by atoms with Gasteiger partial charge in [0.15, 0.2) is 0 Å². The van der Waals surface area contributed by atoms with Gasteiger partial charge in [-0.25, -0.2) is 0 Å². The Kier molecular flexibility index (Phi) is 3.06. The van der Waals surface area contributed by atoms with Gasteiger partial charge in [-0.05, 0) is 30.4 Å². The van der Waals surface area contributed by atoms with Gasteiger partial charge in [-0.3, -0.25) is 0 Å². The number of aromatic nitrogens is 1. The van der Waals surface area contributed by atoms with Crippen molar-refractivity contribution in [3.63, 3.8) is 0 Å². The summed E-state index contributed by atoms with van der Waals surface area (Å²) >= 11 is 1.58. The molecule has 0 fully saturated rings. The summed E-state index contributed by atoms with van der Waals surface area (Å²) in [7, 11) is 0. The molecule has 1 unspecified atom stereocenters. The Bertz CT molecular complexity index is 535. The molecule has 1 aliphatic heterocycles. The summed E-state index contributed by atoms with van der Waals surface area (Å²) < 4.78 is 4.46. The lowest BCUT2D eigenvalue weighted by Gasteiger charge is -2.31. The summed E-state index contributed by atoms with van der Waals surface area (Å²) in [5, 5.41) is 1.26. The molecule has 94 valence electrons. The second kappa shape index (κ2) is 4.71. The number of nitrogens with zero attached hydrogens (tertiary/aromatic N) is 2. The minimum absolute atomic E-state index is 0.158. The molecule has 0 saturated heterocycles. The Balaban J connectivity index is 1.89. The molecule has 1 atom stereocenters. The molecule has 0 saturated carbocycles. The van der Waals surface area contributed by atoms with Crippen LogP contribution in [0.1, 0.15) is 29.3 Å². The van der Waals surface area contributed by atoms with Crippen LogP contribution in [0, 0.1) is 6.92 Å². The maximum Gasteiger partial charge on any atom is 0.117 e. The van der Waals surface area contributed by atoms with Gasteiger partial charge in [0, 0.05) is 24.7 Å². The van der Waals surface area contributed by atoms with Gasteiger partial charge in [0.2, 0.25) is 0 Å². The van der Waals surface area contributed by atoms with Crippen molar-refractivity contribution in [1.29, 1.82) is 0 Å². The Morgan fingerprint density at radius 2 is 2.17 bits per heavy atom. The van der Waals surface area contributed by atoms with Crippen LogP contribution in [0.2, 0.25) is 0 Å². The van der Waals surface area contributed by atoms with Gasteiger partial charge in [-0.2, -0.15) is 4.37 Å². The van der Waals surface area contributed by atoms with Crippen LogP contribution < -0.4 is 10.6 Å². The first-order valence-electron chi connectivity index (χ1n) is 6.26. The average Bonchev–Trinajstić information content (AvgIpc) is 2.78. The summed E-state index contributed by atoms with van der Waals surface area (Å²) in [5.74, 6) is 0. The van der Waals surface area contributed by atoms with Crippen LogP contribution in [-0.4, -0.2) is 10.9 Å². The molecule has 0 spiro atoms. The molecule has 3 rings (SSSR count). The van der Waals surface area contributed by atoms with Crippen LogP contribution in [0.15, 0.2) is 30.3 Å². The lowest BCUT2D eigenvalue weighted by Crippen LogP contribution is -2.32. The number of rotatable bonds is 2. The van der Waals surface area contributed by atoms with Crippen molar-refractivity contribution in [2.24, 2.45) is 5.73 Å². The zero-order valence-corrected chi connectivity index (χ0v) is 11.3. The topological polar surface area (TPSA) is 42.1 Å². The number of nitrogens with two attached hydrogens (primary N) is 1. The van der Waals surface area contributed by atoms with E-state index in [0.29, 0.717) is 0 Å². The van der Waals surface area contributed by atoms with E-state index in [2.05, 4.69) is 46.5 Å². The van der Waals surface area contributed by atoms with Gasteiger partial charge in [0.25, 0.3) is 0 Å². The number of fused-ring (bicyclic) bond motifs is 1. The predicted molar refractivity (Wildman–Crippen MR) is 75.9 cm³/mol. The van der Waals surface area contributed by atoms with Gasteiger partial charge >= 0.3 is 0 Å². The van der Waals surface area contributed by atoms with Crippen molar-refractivity contribution in [1.82, 2.24) is 4.37 Å². The van der Waals surface area contributed by atoms with Crippen LogP contribution in [0.5, 0.6) is 0 Å². The first-order chi connectivity index (χ1) is 8.75. The highest BCUT2D eigenvalue weighted by Gasteiger charge is 2.27. The van der Waals surface area contributed by atoms with E-state index in [1.54, 1.807) is 11.5 Å². The van der Waals surface area contributed by atoms with Crippen molar-refractivity contribution in [3.05, 3.63) is 47.2 Å². The molecule has 3 nitrogen and oxygen atoms in total. The molecule has 1 aromatic heterocycles. The number of hydrogen-bond donors (Lipinski definition) is 1. The SMILES string of the molecule is Cc1nsc2c1C(N)CCN2Cc1ccccc1. The predicted octanol–water partition coefficient (Wildman–Crippen LogP) is 2.86. The van der Waals surface area contributed by atoms with Gasteiger partial charge in [0.05, 0.1) is 5.69 Å². The van der Waals surface area contributed by atoms with E-state index in [1.807, 2.05) is 0 Å². The van der Waals surface area contributed by atoms with E-state index in [4.69, 9.17) is 5.73 Å². The third-order valence-electron chi connectivity index (χ3n) is 3.47. The highest BCUT2D eigenvalue weighted by Crippen LogP contribution is 2.38. The van der Waals surface area contributed by atoms with E-state index in [1.165, 1.54) is 16.1 Å². The molecule has 4 heteroatoms. The summed E-state index contributed by atoms with van der Waals surface area (Å²) in [6.07, 6.45) is 1.01. The Morgan fingerprint density at radius 1 is 1.39 bits per heavy atom. The van der Waals surface area contributed by atoms with E-state index in [9.17, 15) is 0 Å². The molecule has 18 heavy (non-hydrogen) atoms. The van der Waals surface area contributed by atoms with E-state index >= 15 is 0 Å². The van der Waals surface area contributed by atoms with Crippen LogP contribution in [0.25, 0.3) is 0 Å². The third kappa shape index (κ3) is 2.02. The van der Waals surface area contributed by atoms with Crippen molar-refractivity contribution in [2.45, 2.75) is 25.9 Å². The fraction of sp³-hybridized carbons (Fsp3) is 0.357. The second-order valence-electron chi connectivity index (χ2n) is 4.79. The molecule has 0 amide bonds. The zero-order valence-electron chi connectivity index (χ0n) is 10.5. The number of anilines is 1. The molecule has 0 radical (unpaired) electrons. The third-order valence-corrected chi connectivity index (χ3v) is 4.49. The fourth-order valence-corrected chi connectivity index (χ4v) is 3.51. The fourth-order valence-electron chi connectivity index (χ4n) is 2.52. The highest BCUT2D eigenvalue weighted by molar-refractivity contribution is 7.10. The van der Waals surface area contributed by atoms with Crippen molar-refractivity contribution < 1.29 is 0 Å². The maximum absolute atomic E-state index is 6.19. The standard InChI is InChI=1S/C14H17N3S/c1-10-13-12(15)7-8-17(14(13)18-16-10)9-11-5-3-2-4-6-11/h2-6,12H,7-9,15H2,1H3. The minimum Gasteiger partial charge on any atom is -0.358 e. The van der Waals surface area contributed by atoms with E-state index in [0.717, 1.165) is 25.2 Å². The quantitative estimate of drug-likeness (QED) is 0.901. The average molecular weight is 259 g/mol. The molecular weight excluding hydrogens is 242 g/mol. The number of hydrogen-bond acceptors (Lipinski definition) is 4. The van der Waals surface area contributed by atoms with Crippen molar-refractivity contribution >= 4 is 16.5 Å². The lowest BCUT2D eigenvalue weighted by atomic mass is 10.0. The highest BCUT2D eigenvalue weighted by atomic mass is 32.1. The summed E-state index contributed by atoms with van der Waals surface area (Å²) in [5.41, 5.74) is 9.87. The summed E-state index contributed by atoms with van der Waals surface area (Å²) in [6, 6.07) is 10.7. The molecule has 1 aromatic carbocycles. The normalized spacial score (nSPS) is 18.8. The smallest absolute Gasteiger partial charge is 0.117 e.